The van der Waals surface area contributed by atoms with E-state index in [-0.39, 0.29) is 11.3 Å². The maximum Gasteiger partial charge on any atom is 0.344 e. The van der Waals surface area contributed by atoms with E-state index in [1.165, 1.54) is 13.2 Å². The van der Waals surface area contributed by atoms with Gasteiger partial charge in [-0.3, -0.25) is 15.0 Å². The highest BCUT2D eigenvalue weighted by molar-refractivity contribution is 6.08. The van der Waals surface area contributed by atoms with Gasteiger partial charge in [-0.05, 0) is 30.2 Å². The smallest absolute Gasteiger partial charge is 0.344 e. The summed E-state index contributed by atoms with van der Waals surface area (Å²) in [4.78, 5) is 49.2. The van der Waals surface area contributed by atoms with E-state index in [4.69, 9.17) is 4.74 Å². The highest BCUT2D eigenvalue weighted by Gasteiger charge is 2.52. The average molecular weight is 411 g/mol. The summed E-state index contributed by atoms with van der Waals surface area (Å²) in [5.41, 5.74) is 1.91. The summed E-state index contributed by atoms with van der Waals surface area (Å²) in [7, 11) is 1.26. The Morgan fingerprint density at radius 2 is 1.83 bits per heavy atom. The molecular weight excluding hydrogens is 390 g/mol. The van der Waals surface area contributed by atoms with Crippen molar-refractivity contribution in [3.05, 3.63) is 65.7 Å². The van der Waals surface area contributed by atoms with Gasteiger partial charge in [0.1, 0.15) is 11.3 Å². The maximum atomic E-state index is 13.0. The molecule has 0 bridgehead atoms. The van der Waals surface area contributed by atoms with E-state index >= 15 is 0 Å². The van der Waals surface area contributed by atoms with E-state index in [2.05, 4.69) is 15.5 Å². The highest BCUT2D eigenvalue weighted by atomic mass is 16.5. The summed E-state index contributed by atoms with van der Waals surface area (Å²) in [6, 6.07) is 14.2. The van der Waals surface area contributed by atoms with Crippen molar-refractivity contribution in [2.24, 2.45) is 0 Å². The first-order valence-corrected chi connectivity index (χ1v) is 9.24. The van der Waals surface area contributed by atoms with Gasteiger partial charge in [0, 0.05) is 0 Å². The molecule has 0 aromatic heterocycles. The van der Waals surface area contributed by atoms with Crippen molar-refractivity contribution in [1.29, 1.82) is 0 Å². The number of imide groups is 1. The minimum Gasteiger partial charge on any atom is -0.484 e. The Labute approximate surface area is 172 Å². The molecule has 3 rings (SSSR count). The number of hydrogen-bond donors (Lipinski definition) is 2. The van der Waals surface area contributed by atoms with Crippen molar-refractivity contribution < 1.29 is 28.7 Å². The number of rotatable bonds is 7. The number of nitrogens with zero attached hydrogens (tertiary/aromatic N) is 1. The fourth-order valence-electron chi connectivity index (χ4n) is 3.18. The lowest BCUT2D eigenvalue weighted by molar-refractivity contribution is -0.140. The molecule has 2 aromatic rings. The summed E-state index contributed by atoms with van der Waals surface area (Å²) in [6.07, 6.45) is 0.310. The van der Waals surface area contributed by atoms with Gasteiger partial charge in [0.2, 0.25) is 0 Å². The van der Waals surface area contributed by atoms with E-state index in [9.17, 15) is 19.2 Å². The number of carbonyl (C=O) groups excluding carboxylic acids is 4. The molecule has 0 spiro atoms. The Morgan fingerprint density at radius 3 is 2.50 bits per heavy atom. The Morgan fingerprint density at radius 1 is 1.10 bits per heavy atom. The molecule has 0 saturated carbocycles. The lowest BCUT2D eigenvalue weighted by atomic mass is 9.87. The van der Waals surface area contributed by atoms with Crippen LogP contribution in [0.5, 0.6) is 5.75 Å². The second-order valence-electron chi connectivity index (χ2n) is 6.54. The predicted octanol–water partition coefficient (Wildman–Crippen LogP) is 1.74. The lowest BCUT2D eigenvalue weighted by Gasteiger charge is -2.25. The van der Waals surface area contributed by atoms with Crippen molar-refractivity contribution in [3.63, 3.8) is 0 Å². The summed E-state index contributed by atoms with van der Waals surface area (Å²) in [5.74, 6) is -1.57. The summed E-state index contributed by atoms with van der Waals surface area (Å²) in [5, 5.41) is 3.33. The van der Waals surface area contributed by atoms with Crippen LogP contribution >= 0.6 is 0 Å². The number of carbonyl (C=O) groups is 4. The molecule has 9 nitrogen and oxygen atoms in total. The first kappa shape index (κ1) is 20.8. The minimum absolute atomic E-state index is 0.262. The molecule has 4 amide bonds. The van der Waals surface area contributed by atoms with Crippen LogP contribution in [0.2, 0.25) is 0 Å². The number of methoxy groups -OCH3 is 1. The molecule has 1 heterocycles. The van der Waals surface area contributed by atoms with Gasteiger partial charge in [0.15, 0.2) is 6.61 Å². The van der Waals surface area contributed by atoms with Crippen molar-refractivity contribution in [2.45, 2.75) is 18.9 Å². The SMILES string of the molecule is CC[C@@]1(c2ccccc2)NC(=O)N(NC(=O)COc2cccc(C(=O)OC)c2)C1=O. The van der Waals surface area contributed by atoms with E-state index in [0.29, 0.717) is 17.0 Å². The normalized spacial score (nSPS) is 18.0. The molecule has 1 aliphatic heterocycles. The van der Waals surface area contributed by atoms with Crippen LogP contribution in [0.4, 0.5) is 4.79 Å². The molecule has 1 saturated heterocycles. The minimum atomic E-state index is -1.25. The van der Waals surface area contributed by atoms with Crippen LogP contribution in [0.25, 0.3) is 0 Å². The number of ether oxygens (including phenoxy) is 2. The standard InChI is InChI=1S/C21H21N3O6/c1-3-21(15-9-5-4-6-10-15)19(27)24(20(28)22-21)23-17(25)13-30-16-11-7-8-14(12-16)18(26)29-2/h4-12H,3,13H2,1-2H3,(H,22,28)(H,23,25)/t21-/m0/s1. The topological polar surface area (TPSA) is 114 Å². The van der Waals surface area contributed by atoms with Crippen LogP contribution in [-0.2, 0) is 19.9 Å². The highest BCUT2D eigenvalue weighted by Crippen LogP contribution is 2.31. The average Bonchev–Trinajstić information content (AvgIpc) is 3.03. The van der Waals surface area contributed by atoms with Gasteiger partial charge >= 0.3 is 12.0 Å². The molecule has 30 heavy (non-hydrogen) atoms. The first-order chi connectivity index (χ1) is 14.4. The second kappa shape index (κ2) is 8.64. The number of esters is 1. The molecule has 0 aliphatic carbocycles. The maximum absolute atomic E-state index is 13.0. The van der Waals surface area contributed by atoms with Crippen LogP contribution in [-0.4, -0.2) is 42.5 Å². The lowest BCUT2D eigenvalue weighted by Crippen LogP contribution is -2.49. The van der Waals surface area contributed by atoms with Gasteiger partial charge in [0.05, 0.1) is 12.7 Å². The van der Waals surface area contributed by atoms with Gasteiger partial charge in [-0.25, -0.2) is 9.59 Å². The number of amides is 4. The zero-order valence-corrected chi connectivity index (χ0v) is 16.5. The van der Waals surface area contributed by atoms with Crippen LogP contribution in [0, 0.1) is 0 Å². The molecule has 1 fully saturated rings. The molecular formula is C21H21N3O6. The number of nitrogens with one attached hydrogen (secondary N) is 2. The first-order valence-electron chi connectivity index (χ1n) is 9.24. The third kappa shape index (κ3) is 3.95. The summed E-state index contributed by atoms with van der Waals surface area (Å²) in [6.45, 7) is 1.31. The van der Waals surface area contributed by atoms with E-state index in [1.807, 2.05) is 0 Å². The van der Waals surface area contributed by atoms with E-state index in [1.54, 1.807) is 55.5 Å². The van der Waals surface area contributed by atoms with Gasteiger partial charge in [-0.15, -0.1) is 0 Å². The molecule has 9 heteroatoms. The Kier molecular flexibility index (Phi) is 6.01. The van der Waals surface area contributed by atoms with Crippen molar-refractivity contribution in [2.75, 3.05) is 13.7 Å². The fourth-order valence-corrected chi connectivity index (χ4v) is 3.18. The Bertz CT molecular complexity index is 978. The Hall–Kier alpha value is -3.88. The number of urea groups is 1. The van der Waals surface area contributed by atoms with E-state index in [0.717, 1.165) is 0 Å². The zero-order chi connectivity index (χ0) is 21.7. The van der Waals surface area contributed by atoms with Crippen LogP contribution in [0.3, 0.4) is 0 Å². The van der Waals surface area contributed by atoms with Crippen molar-refractivity contribution in [3.8, 4) is 5.75 Å². The number of benzene rings is 2. The molecule has 156 valence electrons. The number of hydrogen-bond acceptors (Lipinski definition) is 6. The summed E-state index contributed by atoms with van der Waals surface area (Å²) >= 11 is 0. The third-order valence-electron chi connectivity index (χ3n) is 4.75. The second-order valence-corrected chi connectivity index (χ2v) is 6.54. The van der Waals surface area contributed by atoms with Gasteiger partial charge in [0.25, 0.3) is 11.8 Å². The zero-order valence-electron chi connectivity index (χ0n) is 16.5. The van der Waals surface area contributed by atoms with Gasteiger partial charge in [-0.1, -0.05) is 43.3 Å². The molecule has 2 N–H and O–H groups in total. The third-order valence-corrected chi connectivity index (χ3v) is 4.75. The number of hydrazine groups is 1. The Balaban J connectivity index is 1.66. The largest absolute Gasteiger partial charge is 0.484 e. The predicted molar refractivity (Wildman–Crippen MR) is 105 cm³/mol. The molecule has 0 radical (unpaired) electrons. The van der Waals surface area contributed by atoms with Crippen molar-refractivity contribution >= 4 is 23.8 Å². The van der Waals surface area contributed by atoms with Crippen molar-refractivity contribution in [1.82, 2.24) is 15.8 Å². The van der Waals surface area contributed by atoms with Crippen LogP contribution < -0.4 is 15.5 Å². The molecule has 1 atom stereocenters. The summed E-state index contributed by atoms with van der Waals surface area (Å²) < 4.78 is 9.99. The van der Waals surface area contributed by atoms with E-state index < -0.39 is 36.0 Å². The molecule has 1 aliphatic rings. The van der Waals surface area contributed by atoms with Gasteiger partial charge < -0.3 is 14.8 Å². The fraction of sp³-hybridized carbons (Fsp3) is 0.238. The van der Waals surface area contributed by atoms with Crippen LogP contribution in [0.1, 0.15) is 29.3 Å². The molecule has 0 unspecified atom stereocenters. The quantitative estimate of drug-likeness (QED) is 0.530. The van der Waals surface area contributed by atoms with Gasteiger partial charge in [-0.2, -0.15) is 5.01 Å². The molecule has 2 aromatic carbocycles. The monoisotopic (exact) mass is 411 g/mol. The van der Waals surface area contributed by atoms with Crippen LogP contribution in [0.15, 0.2) is 54.6 Å².